The summed E-state index contributed by atoms with van der Waals surface area (Å²) in [5, 5.41) is 4.31. The van der Waals surface area contributed by atoms with Crippen molar-refractivity contribution in [2.45, 2.75) is 32.2 Å². The van der Waals surface area contributed by atoms with E-state index >= 15 is 0 Å². The summed E-state index contributed by atoms with van der Waals surface area (Å²) in [6.07, 6.45) is 6.70. The molecule has 0 atom stereocenters. The van der Waals surface area contributed by atoms with Gasteiger partial charge in [-0.1, -0.05) is 6.92 Å². The average Bonchev–Trinajstić information content (AvgIpc) is 2.94. The van der Waals surface area contributed by atoms with Crippen LogP contribution >= 0.6 is 0 Å². The SMILES string of the molecule is CCc1cc(N2CCC(n3ccc(N)n3)CC2)ncn1. The zero-order chi connectivity index (χ0) is 13.9. The fourth-order valence-electron chi connectivity index (χ4n) is 2.67. The lowest BCUT2D eigenvalue weighted by Crippen LogP contribution is -2.35. The van der Waals surface area contributed by atoms with Crippen molar-refractivity contribution in [2.24, 2.45) is 0 Å². The minimum atomic E-state index is 0.441. The summed E-state index contributed by atoms with van der Waals surface area (Å²) in [6.45, 7) is 4.09. The lowest BCUT2D eigenvalue weighted by atomic mass is 10.1. The van der Waals surface area contributed by atoms with Gasteiger partial charge in [0.1, 0.15) is 18.0 Å². The topological polar surface area (TPSA) is 72.9 Å². The summed E-state index contributed by atoms with van der Waals surface area (Å²) >= 11 is 0. The first kappa shape index (κ1) is 12.9. The monoisotopic (exact) mass is 272 g/mol. The van der Waals surface area contributed by atoms with Crippen LogP contribution in [0.5, 0.6) is 0 Å². The average molecular weight is 272 g/mol. The summed E-state index contributed by atoms with van der Waals surface area (Å²) in [6, 6.07) is 4.38. The maximum atomic E-state index is 5.68. The number of nitrogen functional groups attached to an aromatic ring is 1. The Morgan fingerprint density at radius 2 is 2.10 bits per heavy atom. The molecule has 0 aromatic carbocycles. The van der Waals surface area contributed by atoms with Crippen molar-refractivity contribution in [1.82, 2.24) is 19.7 Å². The van der Waals surface area contributed by atoms with Gasteiger partial charge >= 0.3 is 0 Å². The Balaban J connectivity index is 1.66. The van der Waals surface area contributed by atoms with Crippen LogP contribution in [0.1, 0.15) is 31.5 Å². The van der Waals surface area contributed by atoms with Gasteiger partial charge in [0.15, 0.2) is 0 Å². The van der Waals surface area contributed by atoms with E-state index in [0.717, 1.165) is 43.9 Å². The first-order valence-electron chi connectivity index (χ1n) is 7.12. The summed E-state index contributed by atoms with van der Waals surface area (Å²) in [7, 11) is 0. The van der Waals surface area contributed by atoms with E-state index in [0.29, 0.717) is 11.9 Å². The van der Waals surface area contributed by atoms with Crippen molar-refractivity contribution in [3.05, 3.63) is 30.4 Å². The quantitative estimate of drug-likeness (QED) is 0.920. The standard InChI is InChI=1S/C14H20N6/c1-2-11-9-14(17-10-16-11)19-6-3-12(4-7-19)20-8-5-13(15)18-20/h5,8-10,12H,2-4,6-7H2,1H3,(H2,15,18). The molecule has 20 heavy (non-hydrogen) atoms. The maximum absolute atomic E-state index is 5.68. The van der Waals surface area contributed by atoms with Crippen LogP contribution in [0, 0.1) is 0 Å². The molecule has 3 rings (SSSR count). The maximum Gasteiger partial charge on any atom is 0.145 e. The lowest BCUT2D eigenvalue weighted by Gasteiger charge is -2.32. The van der Waals surface area contributed by atoms with Crippen LogP contribution < -0.4 is 10.6 Å². The second kappa shape index (κ2) is 5.48. The van der Waals surface area contributed by atoms with Crippen molar-refractivity contribution < 1.29 is 0 Å². The number of hydrogen-bond acceptors (Lipinski definition) is 5. The van der Waals surface area contributed by atoms with Gasteiger partial charge in [-0.25, -0.2) is 9.97 Å². The number of hydrogen-bond donors (Lipinski definition) is 1. The van der Waals surface area contributed by atoms with E-state index in [9.17, 15) is 0 Å². The number of nitrogens with zero attached hydrogens (tertiary/aromatic N) is 5. The molecule has 0 saturated carbocycles. The first-order valence-corrected chi connectivity index (χ1v) is 7.12. The second-order valence-corrected chi connectivity index (χ2v) is 5.16. The van der Waals surface area contributed by atoms with E-state index in [1.807, 2.05) is 16.9 Å². The molecule has 1 aliphatic heterocycles. The fraction of sp³-hybridized carbons (Fsp3) is 0.500. The summed E-state index contributed by atoms with van der Waals surface area (Å²) < 4.78 is 1.99. The van der Waals surface area contributed by atoms with E-state index in [2.05, 4.69) is 33.0 Å². The molecule has 0 unspecified atom stereocenters. The number of aryl methyl sites for hydroxylation is 1. The molecule has 0 spiro atoms. The Bertz CT molecular complexity index is 571. The normalized spacial score (nSPS) is 16.6. The molecule has 1 fully saturated rings. The first-order chi connectivity index (χ1) is 9.76. The fourth-order valence-corrected chi connectivity index (χ4v) is 2.67. The Kier molecular flexibility index (Phi) is 3.54. The minimum Gasteiger partial charge on any atom is -0.382 e. The Labute approximate surface area is 118 Å². The molecule has 0 bridgehead atoms. The Hall–Kier alpha value is -2.11. The molecule has 3 heterocycles. The van der Waals surface area contributed by atoms with Crippen molar-refractivity contribution in [1.29, 1.82) is 0 Å². The molecule has 0 radical (unpaired) electrons. The third kappa shape index (κ3) is 2.59. The molecule has 106 valence electrons. The van der Waals surface area contributed by atoms with Gasteiger partial charge in [-0.15, -0.1) is 0 Å². The minimum absolute atomic E-state index is 0.441. The molecule has 1 saturated heterocycles. The molecule has 0 amide bonds. The predicted molar refractivity (Wildman–Crippen MR) is 78.5 cm³/mol. The van der Waals surface area contributed by atoms with Crippen molar-refractivity contribution >= 4 is 11.6 Å². The van der Waals surface area contributed by atoms with Crippen LogP contribution in [0.4, 0.5) is 11.6 Å². The van der Waals surface area contributed by atoms with Crippen LogP contribution in [0.25, 0.3) is 0 Å². The highest BCUT2D eigenvalue weighted by Crippen LogP contribution is 2.25. The molecular formula is C14H20N6. The van der Waals surface area contributed by atoms with Gasteiger partial charge in [-0.2, -0.15) is 5.10 Å². The van der Waals surface area contributed by atoms with Crippen LogP contribution in [-0.2, 0) is 6.42 Å². The van der Waals surface area contributed by atoms with Gasteiger partial charge in [0.05, 0.1) is 6.04 Å². The van der Waals surface area contributed by atoms with Crippen LogP contribution in [-0.4, -0.2) is 32.8 Å². The molecule has 1 aliphatic rings. The van der Waals surface area contributed by atoms with Crippen molar-refractivity contribution in [2.75, 3.05) is 23.7 Å². The highest BCUT2D eigenvalue weighted by molar-refractivity contribution is 5.39. The number of piperidine rings is 1. The van der Waals surface area contributed by atoms with Gasteiger partial charge in [-0.3, -0.25) is 4.68 Å². The third-order valence-electron chi connectivity index (χ3n) is 3.86. The molecule has 0 aliphatic carbocycles. The molecule has 2 aromatic rings. The van der Waals surface area contributed by atoms with E-state index in [-0.39, 0.29) is 0 Å². The van der Waals surface area contributed by atoms with Crippen LogP contribution in [0.3, 0.4) is 0 Å². The van der Waals surface area contributed by atoms with E-state index in [4.69, 9.17) is 5.73 Å². The lowest BCUT2D eigenvalue weighted by molar-refractivity contribution is 0.366. The largest absolute Gasteiger partial charge is 0.382 e. The van der Waals surface area contributed by atoms with E-state index in [1.165, 1.54) is 0 Å². The van der Waals surface area contributed by atoms with Gasteiger partial charge in [0.25, 0.3) is 0 Å². The Morgan fingerprint density at radius 3 is 2.75 bits per heavy atom. The second-order valence-electron chi connectivity index (χ2n) is 5.16. The predicted octanol–water partition coefficient (Wildman–Crippen LogP) is 1.66. The zero-order valence-corrected chi connectivity index (χ0v) is 11.7. The number of anilines is 2. The molecule has 2 aromatic heterocycles. The smallest absolute Gasteiger partial charge is 0.145 e. The number of rotatable bonds is 3. The van der Waals surface area contributed by atoms with E-state index in [1.54, 1.807) is 6.33 Å². The third-order valence-corrected chi connectivity index (χ3v) is 3.86. The molecular weight excluding hydrogens is 252 g/mol. The highest BCUT2D eigenvalue weighted by Gasteiger charge is 2.22. The van der Waals surface area contributed by atoms with Crippen LogP contribution in [0.2, 0.25) is 0 Å². The Morgan fingerprint density at radius 1 is 1.30 bits per heavy atom. The zero-order valence-electron chi connectivity index (χ0n) is 11.7. The van der Waals surface area contributed by atoms with Gasteiger partial charge in [-0.05, 0) is 25.3 Å². The number of aromatic nitrogens is 4. The molecule has 2 N–H and O–H groups in total. The van der Waals surface area contributed by atoms with Crippen LogP contribution in [0.15, 0.2) is 24.7 Å². The summed E-state index contributed by atoms with van der Waals surface area (Å²) in [4.78, 5) is 11.0. The number of nitrogens with two attached hydrogens (primary N) is 1. The molecule has 6 nitrogen and oxygen atoms in total. The van der Waals surface area contributed by atoms with Crippen molar-refractivity contribution in [3.63, 3.8) is 0 Å². The highest BCUT2D eigenvalue weighted by atomic mass is 15.3. The van der Waals surface area contributed by atoms with Crippen molar-refractivity contribution in [3.8, 4) is 0 Å². The van der Waals surface area contributed by atoms with Gasteiger partial charge in [0, 0.05) is 31.0 Å². The summed E-state index contributed by atoms with van der Waals surface area (Å²) in [5.74, 6) is 1.63. The van der Waals surface area contributed by atoms with E-state index < -0.39 is 0 Å². The molecule has 6 heteroatoms. The van der Waals surface area contributed by atoms with Gasteiger partial charge < -0.3 is 10.6 Å². The summed E-state index contributed by atoms with van der Waals surface area (Å²) in [5.41, 5.74) is 6.77. The van der Waals surface area contributed by atoms with Gasteiger partial charge in [0.2, 0.25) is 0 Å².